The minimum absolute atomic E-state index is 1.11. The zero-order valence-electron chi connectivity index (χ0n) is 32.3. The first-order valence-electron chi connectivity index (χ1n) is 24.2. The minimum atomic E-state index is 1.11. The topological polar surface area (TPSA) is 0 Å². The lowest BCUT2D eigenvalue weighted by atomic mass is 9.52. The van der Waals surface area contributed by atoms with Gasteiger partial charge in [-0.1, -0.05) is 109 Å². The van der Waals surface area contributed by atoms with Gasteiger partial charge in [-0.3, -0.25) is 0 Å². The molecule has 0 heteroatoms. The van der Waals surface area contributed by atoms with Gasteiger partial charge in [0.1, 0.15) is 0 Å². The average molecular weight is 669 g/mol. The van der Waals surface area contributed by atoms with Gasteiger partial charge in [-0.2, -0.15) is 0 Å². The molecule has 0 aromatic heterocycles. The van der Waals surface area contributed by atoms with Crippen LogP contribution in [0.5, 0.6) is 0 Å². The Bertz CT molecular complexity index is 1040. The fourth-order valence-corrected chi connectivity index (χ4v) is 18.3. The van der Waals surface area contributed by atoms with Crippen LogP contribution in [0.25, 0.3) is 0 Å². The molecule has 0 bridgehead atoms. The van der Waals surface area contributed by atoms with Crippen LogP contribution in [-0.2, 0) is 0 Å². The van der Waals surface area contributed by atoms with Crippen molar-refractivity contribution < 1.29 is 0 Å². The van der Waals surface area contributed by atoms with E-state index in [1.165, 1.54) is 0 Å². The summed E-state index contributed by atoms with van der Waals surface area (Å²) in [5.41, 5.74) is 0. The van der Waals surface area contributed by atoms with Crippen molar-refractivity contribution in [1.29, 1.82) is 0 Å². The zero-order chi connectivity index (χ0) is 32.3. The lowest BCUT2D eigenvalue weighted by Gasteiger charge is -2.53. The summed E-state index contributed by atoms with van der Waals surface area (Å²) in [6.07, 6.45) is 50.2. The Balaban J connectivity index is 0.907. The van der Waals surface area contributed by atoms with Gasteiger partial charge in [0.15, 0.2) is 0 Å². The zero-order valence-corrected chi connectivity index (χ0v) is 32.3. The van der Waals surface area contributed by atoms with E-state index in [2.05, 4.69) is 0 Å². The lowest BCUT2D eigenvalue weighted by molar-refractivity contribution is -0.0310. The molecule has 10 fully saturated rings. The molecule has 10 rings (SSSR count). The first kappa shape index (κ1) is 33.6. The third kappa shape index (κ3) is 6.71. The van der Waals surface area contributed by atoms with Gasteiger partial charge >= 0.3 is 0 Å². The molecule has 10 aliphatic rings. The highest BCUT2D eigenvalue weighted by Crippen LogP contribution is 2.64. The summed E-state index contributed by atoms with van der Waals surface area (Å²) < 4.78 is 0. The number of hydrogen-bond donors (Lipinski definition) is 0. The molecule has 10 saturated carbocycles. The average Bonchev–Trinajstić information content (AvgIpc) is 3.53. The maximum absolute atomic E-state index is 1.71. The van der Waals surface area contributed by atoms with Crippen LogP contribution >= 0.6 is 0 Å². The van der Waals surface area contributed by atoms with Crippen molar-refractivity contribution in [1.82, 2.24) is 0 Å². The highest BCUT2D eigenvalue weighted by molar-refractivity contribution is 5.05. The number of hydrogen-bond acceptors (Lipinski definition) is 0. The van der Waals surface area contributed by atoms with E-state index in [0.29, 0.717) is 0 Å². The number of fused-ring (bicyclic) bond motifs is 6. The number of rotatable bonds is 4. The second-order valence-corrected chi connectivity index (χ2v) is 22.3. The third-order valence-corrected chi connectivity index (χ3v) is 20.4. The van der Waals surface area contributed by atoms with Crippen LogP contribution in [0, 0.1) is 107 Å². The predicted octanol–water partition coefficient (Wildman–Crippen LogP) is 14.3. The highest BCUT2D eigenvalue weighted by atomic mass is 14.6. The molecule has 16 unspecified atom stereocenters. The summed E-state index contributed by atoms with van der Waals surface area (Å²) in [6.45, 7) is 0. The van der Waals surface area contributed by atoms with Crippen LogP contribution in [0.1, 0.15) is 199 Å². The van der Waals surface area contributed by atoms with Crippen molar-refractivity contribution in [3.8, 4) is 0 Å². The van der Waals surface area contributed by atoms with Crippen molar-refractivity contribution >= 4 is 0 Å². The molecule has 0 spiro atoms. The summed E-state index contributed by atoms with van der Waals surface area (Å²) in [6, 6.07) is 0. The summed E-state index contributed by atoms with van der Waals surface area (Å²) in [5.74, 6) is 20.3. The van der Waals surface area contributed by atoms with Crippen LogP contribution in [0.2, 0.25) is 0 Å². The van der Waals surface area contributed by atoms with Crippen LogP contribution in [0.4, 0.5) is 0 Å². The molecule has 0 aromatic carbocycles. The molecule has 0 radical (unpaired) electrons. The van der Waals surface area contributed by atoms with Gasteiger partial charge in [-0.05, 0) is 196 Å². The third-order valence-electron chi connectivity index (χ3n) is 20.4. The maximum atomic E-state index is 1.71. The lowest BCUT2D eigenvalue weighted by Crippen LogP contribution is -2.44. The molecular weight excluding hydrogens is 589 g/mol. The summed E-state index contributed by atoms with van der Waals surface area (Å²) in [4.78, 5) is 0. The molecule has 0 saturated heterocycles. The van der Waals surface area contributed by atoms with Gasteiger partial charge in [-0.15, -0.1) is 0 Å². The molecule has 0 nitrogen and oxygen atoms in total. The van der Waals surface area contributed by atoms with E-state index in [-0.39, 0.29) is 0 Å². The second kappa shape index (κ2) is 14.7. The SMILES string of the molecule is C1CCC(C2CC(C3CC(C4CCC5CCCCC5C4)CC(C4CCC5CCCCC5C4)C3)CC3CC4CC5CCCCC5CC4C32)CC1. The first-order chi connectivity index (χ1) is 24.2. The van der Waals surface area contributed by atoms with E-state index in [4.69, 9.17) is 0 Å². The van der Waals surface area contributed by atoms with Crippen molar-refractivity contribution in [2.24, 2.45) is 107 Å². The summed E-state index contributed by atoms with van der Waals surface area (Å²) in [7, 11) is 0. The first-order valence-corrected chi connectivity index (χ1v) is 24.2. The molecule has 0 heterocycles. The largest absolute Gasteiger partial charge is 0.0533 e. The van der Waals surface area contributed by atoms with Crippen molar-refractivity contribution in [3.63, 3.8) is 0 Å². The smallest absolute Gasteiger partial charge is 0.0323 e. The van der Waals surface area contributed by atoms with E-state index < -0.39 is 0 Å². The Kier molecular flexibility index (Phi) is 10.1. The monoisotopic (exact) mass is 669 g/mol. The quantitative estimate of drug-likeness (QED) is 0.280. The molecule has 0 aliphatic heterocycles. The molecule has 10 aliphatic carbocycles. The second-order valence-electron chi connectivity index (χ2n) is 22.3. The standard InChI is InChI=1S/C49H80/c1-2-12-34(13-3-1)47-31-44(28-46-29-45-24-37-16-8-9-17-38(37)30-48(45)49(46)47)43-26-41(39-20-18-32-10-4-6-14-35(32)22-39)25-42(27-43)40-21-19-33-11-5-7-15-36(33)23-40/h32-49H,1-31H2. The van der Waals surface area contributed by atoms with Gasteiger partial charge in [0, 0.05) is 0 Å². The Labute approximate surface area is 304 Å². The van der Waals surface area contributed by atoms with Crippen molar-refractivity contribution in [2.45, 2.75) is 199 Å². The van der Waals surface area contributed by atoms with Gasteiger partial charge in [0.25, 0.3) is 0 Å². The molecule has 0 N–H and O–H groups in total. The fraction of sp³-hybridized carbons (Fsp3) is 1.00. The Morgan fingerprint density at radius 3 is 1.04 bits per heavy atom. The fourth-order valence-electron chi connectivity index (χ4n) is 18.3. The molecule has 49 heavy (non-hydrogen) atoms. The van der Waals surface area contributed by atoms with Crippen molar-refractivity contribution in [2.75, 3.05) is 0 Å². The predicted molar refractivity (Wildman–Crippen MR) is 206 cm³/mol. The Hall–Kier alpha value is 0. The van der Waals surface area contributed by atoms with Crippen molar-refractivity contribution in [3.05, 3.63) is 0 Å². The molecule has 276 valence electrons. The van der Waals surface area contributed by atoms with Gasteiger partial charge in [-0.25, -0.2) is 0 Å². The summed E-state index contributed by atoms with van der Waals surface area (Å²) in [5, 5.41) is 0. The van der Waals surface area contributed by atoms with E-state index in [9.17, 15) is 0 Å². The Morgan fingerprint density at radius 2 is 0.449 bits per heavy atom. The van der Waals surface area contributed by atoms with Gasteiger partial charge < -0.3 is 0 Å². The van der Waals surface area contributed by atoms with Crippen LogP contribution in [0.3, 0.4) is 0 Å². The van der Waals surface area contributed by atoms with E-state index in [0.717, 1.165) is 107 Å². The molecular formula is C49H80. The highest BCUT2D eigenvalue weighted by Gasteiger charge is 2.56. The van der Waals surface area contributed by atoms with Crippen LogP contribution in [-0.4, -0.2) is 0 Å². The van der Waals surface area contributed by atoms with Gasteiger partial charge in [0.05, 0.1) is 0 Å². The molecule has 16 atom stereocenters. The van der Waals surface area contributed by atoms with Crippen LogP contribution < -0.4 is 0 Å². The van der Waals surface area contributed by atoms with Gasteiger partial charge in [0.2, 0.25) is 0 Å². The normalized spacial score (nSPS) is 53.8. The van der Waals surface area contributed by atoms with E-state index in [1.807, 2.05) is 0 Å². The Morgan fingerprint density at radius 1 is 0.163 bits per heavy atom. The van der Waals surface area contributed by atoms with Crippen LogP contribution in [0.15, 0.2) is 0 Å². The van der Waals surface area contributed by atoms with E-state index >= 15 is 0 Å². The summed E-state index contributed by atoms with van der Waals surface area (Å²) >= 11 is 0. The van der Waals surface area contributed by atoms with E-state index in [1.54, 1.807) is 199 Å². The molecule has 0 aromatic rings. The maximum Gasteiger partial charge on any atom is -0.0323 e. The minimum Gasteiger partial charge on any atom is -0.0533 e. The molecule has 0 amide bonds.